The van der Waals surface area contributed by atoms with E-state index in [4.69, 9.17) is 23.7 Å². The van der Waals surface area contributed by atoms with Gasteiger partial charge in [-0.1, -0.05) is 12.1 Å². The van der Waals surface area contributed by atoms with Crippen molar-refractivity contribution in [1.82, 2.24) is 15.5 Å². The fourth-order valence-electron chi connectivity index (χ4n) is 3.76. The number of aliphatic hydroxyl groups excluding tert-OH is 1. The van der Waals surface area contributed by atoms with Crippen molar-refractivity contribution >= 4 is 24.4 Å². The van der Waals surface area contributed by atoms with Crippen molar-refractivity contribution in [3.8, 4) is 5.75 Å². The van der Waals surface area contributed by atoms with Gasteiger partial charge in [0, 0.05) is 39.1 Å². The molecule has 2 amide bonds. The summed E-state index contributed by atoms with van der Waals surface area (Å²) in [5.74, 6) is -0.269. The molecule has 210 valence electrons. The average molecular weight is 546 g/mol. The van der Waals surface area contributed by atoms with Crippen LogP contribution < -0.4 is 15.4 Å². The number of carbonyl (C=O) groups excluding carboxylic acids is 2. The number of aryl methyl sites for hydroxylation is 1. The molecule has 0 aromatic heterocycles. The lowest BCUT2D eigenvalue weighted by molar-refractivity contribution is -0.158. The predicted molar refractivity (Wildman–Crippen MR) is 138 cm³/mol. The Morgan fingerprint density at radius 2 is 1.92 bits per heavy atom. The van der Waals surface area contributed by atoms with E-state index in [2.05, 4.69) is 10.6 Å². The number of benzene rings is 1. The van der Waals surface area contributed by atoms with E-state index in [9.17, 15) is 14.7 Å². The van der Waals surface area contributed by atoms with E-state index in [0.717, 1.165) is 5.56 Å². The summed E-state index contributed by atoms with van der Waals surface area (Å²) in [6.45, 7) is 8.13. The highest BCUT2D eigenvalue weighted by molar-refractivity contribution is 5.85. The Morgan fingerprint density at radius 1 is 1.19 bits per heavy atom. The fourth-order valence-corrected chi connectivity index (χ4v) is 3.76. The summed E-state index contributed by atoms with van der Waals surface area (Å²) >= 11 is 0. The van der Waals surface area contributed by atoms with Gasteiger partial charge in [-0.3, -0.25) is 4.79 Å². The minimum absolute atomic E-state index is 0. The van der Waals surface area contributed by atoms with Crippen LogP contribution >= 0.6 is 12.4 Å². The van der Waals surface area contributed by atoms with Crippen LogP contribution in [0.4, 0.5) is 4.79 Å². The fraction of sp³-hybridized carbons (Fsp3) is 0.680. The van der Waals surface area contributed by atoms with Crippen LogP contribution in [0.15, 0.2) is 24.3 Å². The number of halogens is 1. The summed E-state index contributed by atoms with van der Waals surface area (Å²) < 4.78 is 27.2. The van der Waals surface area contributed by atoms with E-state index >= 15 is 0 Å². The predicted octanol–water partition coefficient (Wildman–Crippen LogP) is 1.11. The second kappa shape index (κ2) is 16.0. The summed E-state index contributed by atoms with van der Waals surface area (Å²) in [5.41, 5.74) is 0.988. The number of nitrogens with one attached hydrogen (secondary N) is 2. The lowest BCUT2D eigenvalue weighted by Crippen LogP contribution is -2.47. The molecule has 2 aliphatic heterocycles. The minimum atomic E-state index is -0.686. The van der Waals surface area contributed by atoms with Crippen LogP contribution in [0.5, 0.6) is 5.75 Å². The summed E-state index contributed by atoms with van der Waals surface area (Å²) in [6.07, 6.45) is -0.0863. The Hall–Kier alpha value is -2.15. The minimum Gasteiger partial charge on any atom is -0.491 e. The maximum Gasteiger partial charge on any atom is 0.317 e. The van der Waals surface area contributed by atoms with Gasteiger partial charge >= 0.3 is 12.0 Å². The van der Waals surface area contributed by atoms with E-state index in [1.807, 2.05) is 38.1 Å². The zero-order valence-corrected chi connectivity index (χ0v) is 22.4. The molecular formula is C25H40ClN3O8. The summed E-state index contributed by atoms with van der Waals surface area (Å²) in [4.78, 5) is 25.7. The second-order valence-electron chi connectivity index (χ2n) is 9.28. The highest BCUT2D eigenvalue weighted by atomic mass is 35.5. The van der Waals surface area contributed by atoms with Crippen molar-refractivity contribution in [3.05, 3.63) is 29.8 Å². The summed E-state index contributed by atoms with van der Waals surface area (Å²) in [6, 6.07) is 7.31. The van der Waals surface area contributed by atoms with Gasteiger partial charge in [0.25, 0.3) is 0 Å². The van der Waals surface area contributed by atoms with Crippen molar-refractivity contribution in [3.63, 3.8) is 0 Å². The molecule has 0 bridgehead atoms. The van der Waals surface area contributed by atoms with Gasteiger partial charge in [0.05, 0.1) is 19.8 Å². The van der Waals surface area contributed by atoms with Crippen molar-refractivity contribution in [1.29, 1.82) is 0 Å². The third-order valence-electron chi connectivity index (χ3n) is 5.74. The molecule has 0 unspecified atom stereocenters. The molecule has 2 fully saturated rings. The molecule has 37 heavy (non-hydrogen) atoms. The largest absolute Gasteiger partial charge is 0.491 e. The smallest absolute Gasteiger partial charge is 0.317 e. The Morgan fingerprint density at radius 3 is 2.59 bits per heavy atom. The lowest BCUT2D eigenvalue weighted by Gasteiger charge is -2.27. The second-order valence-corrected chi connectivity index (χ2v) is 9.28. The van der Waals surface area contributed by atoms with E-state index in [1.165, 1.54) is 0 Å². The van der Waals surface area contributed by atoms with E-state index in [-0.39, 0.29) is 50.1 Å². The third-order valence-corrected chi connectivity index (χ3v) is 5.74. The number of rotatable bonds is 13. The van der Waals surface area contributed by atoms with Crippen LogP contribution in [0.25, 0.3) is 0 Å². The molecule has 2 heterocycles. The quantitative estimate of drug-likeness (QED) is 0.247. The van der Waals surface area contributed by atoms with Gasteiger partial charge in [0.15, 0.2) is 5.79 Å². The topological polar surface area (TPSA) is 128 Å². The molecule has 12 heteroatoms. The number of aliphatic hydroxyl groups is 1. The Bertz CT molecular complexity index is 821. The molecular weight excluding hydrogens is 506 g/mol. The number of hydrogen-bond acceptors (Lipinski definition) is 9. The van der Waals surface area contributed by atoms with E-state index in [0.29, 0.717) is 64.7 Å². The first-order valence-corrected chi connectivity index (χ1v) is 12.5. The normalized spacial score (nSPS) is 19.5. The molecule has 1 aromatic rings. The number of nitrogens with zero attached hydrogens (tertiary/aromatic N) is 1. The van der Waals surface area contributed by atoms with Gasteiger partial charge in [0.1, 0.15) is 31.2 Å². The average Bonchev–Trinajstić information content (AvgIpc) is 3.24. The molecule has 3 N–H and O–H groups in total. The molecule has 0 aliphatic carbocycles. The molecule has 3 rings (SSSR count). The maximum atomic E-state index is 12.0. The van der Waals surface area contributed by atoms with Crippen LogP contribution in [0.2, 0.25) is 0 Å². The van der Waals surface area contributed by atoms with E-state index in [1.54, 1.807) is 4.90 Å². The van der Waals surface area contributed by atoms with Crippen LogP contribution in [0, 0.1) is 0 Å². The molecule has 0 spiro atoms. The number of esters is 1. The standard InChI is InChI=1S/C25H39N3O8.ClH/c1-25(2)35-18-22(36-25)17-34-23(30)8-5-19-3-6-21(7-4-19)33-16-20(29)15-26-9-10-27-24(31)28-11-13-32-14-12-28;/h3-4,6-7,20,22,26,29H,5,8-18H2,1-2H3,(H,27,31);1H/t20-,22-;/m0./s1. The molecule has 0 radical (unpaired) electrons. The van der Waals surface area contributed by atoms with Crippen molar-refractivity contribution in [2.75, 3.05) is 65.8 Å². The van der Waals surface area contributed by atoms with Crippen molar-refractivity contribution in [2.45, 2.75) is 44.7 Å². The highest BCUT2D eigenvalue weighted by Crippen LogP contribution is 2.22. The van der Waals surface area contributed by atoms with Gasteiger partial charge in [-0.15, -0.1) is 12.4 Å². The Labute approximate surface area is 224 Å². The third kappa shape index (κ3) is 11.8. The van der Waals surface area contributed by atoms with Gasteiger partial charge in [-0.25, -0.2) is 4.79 Å². The monoisotopic (exact) mass is 545 g/mol. The zero-order chi connectivity index (χ0) is 25.8. The Balaban J connectivity index is 0.00000481. The van der Waals surface area contributed by atoms with Gasteiger partial charge in [0.2, 0.25) is 0 Å². The van der Waals surface area contributed by atoms with Gasteiger partial charge in [-0.2, -0.15) is 0 Å². The molecule has 1 aromatic carbocycles. The molecule has 2 atom stereocenters. The first-order valence-electron chi connectivity index (χ1n) is 12.5. The molecule has 11 nitrogen and oxygen atoms in total. The zero-order valence-electron chi connectivity index (χ0n) is 21.6. The summed E-state index contributed by atoms with van der Waals surface area (Å²) in [7, 11) is 0. The van der Waals surface area contributed by atoms with Crippen LogP contribution in [0.3, 0.4) is 0 Å². The lowest BCUT2D eigenvalue weighted by atomic mass is 10.1. The first kappa shape index (κ1) is 31.1. The SMILES string of the molecule is CC1(C)OC[C@H](COC(=O)CCc2ccc(OC[C@@H](O)CNCCNC(=O)N3CCOCC3)cc2)O1.Cl. The molecule has 0 saturated carbocycles. The summed E-state index contributed by atoms with van der Waals surface area (Å²) in [5, 5.41) is 16.1. The van der Waals surface area contributed by atoms with Gasteiger partial charge in [-0.05, 0) is 38.0 Å². The van der Waals surface area contributed by atoms with Crippen LogP contribution in [0.1, 0.15) is 25.8 Å². The number of ether oxygens (including phenoxy) is 5. The number of urea groups is 1. The number of amides is 2. The molecule has 2 aliphatic rings. The maximum absolute atomic E-state index is 12.0. The highest BCUT2D eigenvalue weighted by Gasteiger charge is 2.33. The Kier molecular flexibility index (Phi) is 13.4. The van der Waals surface area contributed by atoms with E-state index < -0.39 is 11.9 Å². The number of carbonyl (C=O) groups is 2. The first-order chi connectivity index (χ1) is 17.3. The van der Waals surface area contributed by atoms with Crippen molar-refractivity contribution < 1.29 is 38.4 Å². The number of hydrogen-bond donors (Lipinski definition) is 3. The van der Waals surface area contributed by atoms with Gasteiger partial charge < -0.3 is 44.3 Å². The van der Waals surface area contributed by atoms with Crippen molar-refractivity contribution in [2.24, 2.45) is 0 Å². The number of morpholine rings is 1. The van der Waals surface area contributed by atoms with Crippen LogP contribution in [-0.2, 0) is 30.2 Å². The van der Waals surface area contributed by atoms with Crippen LogP contribution in [-0.4, -0.2) is 106 Å². The molecule has 2 saturated heterocycles.